The van der Waals surface area contributed by atoms with Crippen molar-refractivity contribution in [1.82, 2.24) is 0 Å². The summed E-state index contributed by atoms with van der Waals surface area (Å²) >= 11 is 0. The maximum absolute atomic E-state index is 8.64. The average Bonchev–Trinajstić information content (AvgIpc) is 2.04. The fourth-order valence-electron chi connectivity index (χ4n) is 0.680. The van der Waals surface area contributed by atoms with E-state index in [0.29, 0.717) is 6.61 Å². The molecule has 0 saturated heterocycles. The Morgan fingerprint density at radius 1 is 1.50 bits per heavy atom. The fraction of sp³-hybridized carbons (Fsp3) is 1.00. The molecule has 0 aromatic carbocycles. The molecule has 3 N–H and O–H groups in total. The standard InChI is InChI=1S/C9H21NO2/c1-4-9(2,3)12-6-5-8(10)7-11/h8,11H,4-7,10H2,1-3H3. The van der Waals surface area contributed by atoms with Gasteiger partial charge in [0.2, 0.25) is 0 Å². The smallest absolute Gasteiger partial charge is 0.0623 e. The molecule has 1 unspecified atom stereocenters. The Morgan fingerprint density at radius 2 is 2.08 bits per heavy atom. The van der Waals surface area contributed by atoms with Crippen molar-refractivity contribution < 1.29 is 9.84 Å². The number of hydrogen-bond acceptors (Lipinski definition) is 3. The summed E-state index contributed by atoms with van der Waals surface area (Å²) in [6.07, 6.45) is 1.71. The van der Waals surface area contributed by atoms with Gasteiger partial charge in [0.1, 0.15) is 0 Å². The Bertz CT molecular complexity index is 115. The summed E-state index contributed by atoms with van der Waals surface area (Å²) in [5.41, 5.74) is 5.45. The summed E-state index contributed by atoms with van der Waals surface area (Å²) in [4.78, 5) is 0. The number of aliphatic hydroxyl groups excluding tert-OH is 1. The quantitative estimate of drug-likeness (QED) is 0.630. The molecule has 0 rings (SSSR count). The van der Waals surface area contributed by atoms with Crippen LogP contribution in [0.1, 0.15) is 33.6 Å². The molecular formula is C9H21NO2. The number of hydrogen-bond donors (Lipinski definition) is 2. The highest BCUT2D eigenvalue weighted by Crippen LogP contribution is 2.13. The van der Waals surface area contributed by atoms with Crippen LogP contribution in [0.5, 0.6) is 0 Å². The third-order valence-electron chi connectivity index (χ3n) is 2.07. The number of ether oxygens (including phenoxy) is 1. The Kier molecular flexibility index (Phi) is 5.46. The van der Waals surface area contributed by atoms with Crippen LogP contribution in [0.3, 0.4) is 0 Å². The number of nitrogens with two attached hydrogens (primary N) is 1. The van der Waals surface area contributed by atoms with Gasteiger partial charge in [-0.05, 0) is 26.7 Å². The molecule has 3 nitrogen and oxygen atoms in total. The lowest BCUT2D eigenvalue weighted by atomic mass is 10.1. The predicted molar refractivity (Wildman–Crippen MR) is 50.0 cm³/mol. The van der Waals surface area contributed by atoms with Crippen molar-refractivity contribution in [2.45, 2.75) is 45.3 Å². The van der Waals surface area contributed by atoms with Crippen molar-refractivity contribution in [2.75, 3.05) is 13.2 Å². The van der Waals surface area contributed by atoms with Crippen molar-refractivity contribution in [1.29, 1.82) is 0 Å². The molecule has 0 radical (unpaired) electrons. The van der Waals surface area contributed by atoms with Crippen molar-refractivity contribution in [2.24, 2.45) is 5.73 Å². The zero-order chi connectivity index (χ0) is 9.61. The minimum Gasteiger partial charge on any atom is -0.395 e. The first-order chi connectivity index (χ1) is 5.52. The molecule has 0 aliphatic heterocycles. The minimum atomic E-state index is -0.141. The van der Waals surface area contributed by atoms with E-state index in [1.807, 2.05) is 0 Å². The molecule has 0 spiro atoms. The summed E-state index contributed by atoms with van der Waals surface area (Å²) in [7, 11) is 0. The molecule has 0 bridgehead atoms. The van der Waals surface area contributed by atoms with Crippen LogP contribution in [0.4, 0.5) is 0 Å². The molecule has 0 fully saturated rings. The van der Waals surface area contributed by atoms with Crippen molar-refractivity contribution in [3.8, 4) is 0 Å². The van der Waals surface area contributed by atoms with Crippen LogP contribution < -0.4 is 5.73 Å². The van der Waals surface area contributed by atoms with E-state index in [1.54, 1.807) is 0 Å². The first kappa shape index (κ1) is 11.9. The van der Waals surface area contributed by atoms with Gasteiger partial charge in [-0.25, -0.2) is 0 Å². The van der Waals surface area contributed by atoms with E-state index in [1.165, 1.54) is 0 Å². The second-order valence-electron chi connectivity index (χ2n) is 3.69. The number of aliphatic hydroxyl groups is 1. The molecule has 0 aliphatic carbocycles. The first-order valence-corrected chi connectivity index (χ1v) is 4.52. The highest BCUT2D eigenvalue weighted by atomic mass is 16.5. The van der Waals surface area contributed by atoms with Crippen LogP contribution in [-0.4, -0.2) is 30.0 Å². The zero-order valence-corrected chi connectivity index (χ0v) is 8.34. The zero-order valence-electron chi connectivity index (χ0n) is 8.34. The van der Waals surface area contributed by atoms with Gasteiger partial charge in [0.25, 0.3) is 0 Å². The summed E-state index contributed by atoms with van der Waals surface area (Å²) in [6, 6.07) is -0.141. The van der Waals surface area contributed by atoms with Gasteiger partial charge in [0, 0.05) is 12.6 Å². The van der Waals surface area contributed by atoms with Crippen LogP contribution >= 0.6 is 0 Å². The average molecular weight is 175 g/mol. The van der Waals surface area contributed by atoms with E-state index in [0.717, 1.165) is 12.8 Å². The largest absolute Gasteiger partial charge is 0.395 e. The molecule has 0 aromatic rings. The molecule has 0 aromatic heterocycles. The molecule has 0 saturated carbocycles. The van der Waals surface area contributed by atoms with Gasteiger partial charge in [0.05, 0.1) is 12.2 Å². The van der Waals surface area contributed by atoms with Gasteiger partial charge in [-0.2, -0.15) is 0 Å². The molecular weight excluding hydrogens is 154 g/mol. The first-order valence-electron chi connectivity index (χ1n) is 4.52. The summed E-state index contributed by atoms with van der Waals surface area (Å²) in [5, 5.41) is 8.64. The van der Waals surface area contributed by atoms with Gasteiger partial charge < -0.3 is 15.6 Å². The summed E-state index contributed by atoms with van der Waals surface area (Å²) < 4.78 is 5.56. The summed E-state index contributed by atoms with van der Waals surface area (Å²) in [6.45, 7) is 6.86. The molecule has 12 heavy (non-hydrogen) atoms. The summed E-state index contributed by atoms with van der Waals surface area (Å²) in [5.74, 6) is 0. The lowest BCUT2D eigenvalue weighted by Crippen LogP contribution is -2.29. The second kappa shape index (κ2) is 5.51. The van der Waals surface area contributed by atoms with E-state index in [9.17, 15) is 0 Å². The lowest BCUT2D eigenvalue weighted by molar-refractivity contribution is -0.0241. The molecule has 0 aliphatic rings. The maximum atomic E-state index is 8.64. The van der Waals surface area contributed by atoms with Crippen molar-refractivity contribution >= 4 is 0 Å². The van der Waals surface area contributed by atoms with Gasteiger partial charge >= 0.3 is 0 Å². The Hall–Kier alpha value is -0.120. The minimum absolute atomic E-state index is 0.0376. The van der Waals surface area contributed by atoms with Gasteiger partial charge in [0.15, 0.2) is 0 Å². The highest BCUT2D eigenvalue weighted by molar-refractivity contribution is 4.66. The van der Waals surface area contributed by atoms with Crippen molar-refractivity contribution in [3.63, 3.8) is 0 Å². The number of rotatable bonds is 6. The van der Waals surface area contributed by atoms with Crippen LogP contribution in [0.15, 0.2) is 0 Å². The lowest BCUT2D eigenvalue weighted by Gasteiger charge is -2.24. The normalized spacial score (nSPS) is 14.8. The van der Waals surface area contributed by atoms with Gasteiger partial charge in [-0.15, -0.1) is 0 Å². The molecule has 0 heterocycles. The molecule has 3 heteroatoms. The Morgan fingerprint density at radius 3 is 2.50 bits per heavy atom. The van der Waals surface area contributed by atoms with Gasteiger partial charge in [-0.3, -0.25) is 0 Å². The Balaban J connectivity index is 3.42. The Labute approximate surface area is 74.9 Å². The molecule has 0 amide bonds. The van der Waals surface area contributed by atoms with Crippen LogP contribution in [0.2, 0.25) is 0 Å². The van der Waals surface area contributed by atoms with E-state index in [-0.39, 0.29) is 18.2 Å². The maximum Gasteiger partial charge on any atom is 0.0623 e. The molecule has 74 valence electrons. The van der Waals surface area contributed by atoms with Crippen LogP contribution in [0.25, 0.3) is 0 Å². The van der Waals surface area contributed by atoms with E-state index in [4.69, 9.17) is 15.6 Å². The van der Waals surface area contributed by atoms with E-state index in [2.05, 4.69) is 20.8 Å². The monoisotopic (exact) mass is 175 g/mol. The fourth-order valence-corrected chi connectivity index (χ4v) is 0.680. The third-order valence-corrected chi connectivity index (χ3v) is 2.07. The van der Waals surface area contributed by atoms with Crippen molar-refractivity contribution in [3.05, 3.63) is 0 Å². The van der Waals surface area contributed by atoms with E-state index >= 15 is 0 Å². The predicted octanol–water partition coefficient (Wildman–Crippen LogP) is 0.901. The second-order valence-corrected chi connectivity index (χ2v) is 3.69. The van der Waals surface area contributed by atoms with E-state index < -0.39 is 0 Å². The highest BCUT2D eigenvalue weighted by Gasteiger charge is 2.15. The third kappa shape index (κ3) is 5.52. The SMILES string of the molecule is CCC(C)(C)OCCC(N)CO. The topological polar surface area (TPSA) is 55.5 Å². The van der Waals surface area contributed by atoms with Crippen LogP contribution in [-0.2, 0) is 4.74 Å². The molecule has 1 atom stereocenters. The van der Waals surface area contributed by atoms with Gasteiger partial charge in [-0.1, -0.05) is 6.92 Å². The van der Waals surface area contributed by atoms with Crippen LogP contribution in [0, 0.1) is 0 Å².